The van der Waals surface area contributed by atoms with Gasteiger partial charge in [-0.25, -0.2) is 0 Å². The van der Waals surface area contributed by atoms with E-state index in [1.54, 1.807) is 29.2 Å². The van der Waals surface area contributed by atoms with Gasteiger partial charge in [-0.3, -0.25) is 24.5 Å². The number of hydrogen-bond acceptors (Lipinski definition) is 8. The molecule has 0 spiro atoms. The fraction of sp³-hybridized carbons (Fsp3) is 0.441. The summed E-state index contributed by atoms with van der Waals surface area (Å²) in [5.74, 6) is -1.45. The van der Waals surface area contributed by atoms with Crippen molar-refractivity contribution in [2.24, 2.45) is 10.8 Å². The molecule has 0 bridgehead atoms. The molecule has 2 aromatic carbocycles. The molecule has 0 saturated heterocycles. The number of ketones is 2. The van der Waals surface area contributed by atoms with E-state index in [0.717, 1.165) is 0 Å². The molecule has 1 heterocycles. The van der Waals surface area contributed by atoms with Crippen LogP contribution in [-0.4, -0.2) is 45.6 Å². The molecule has 0 radical (unpaired) electrons. The third-order valence-electron chi connectivity index (χ3n) is 8.51. The average molecular weight is 637 g/mol. The minimum Gasteiger partial charge on any atom is -0.490 e. The van der Waals surface area contributed by atoms with E-state index in [0.29, 0.717) is 52.3 Å². The van der Waals surface area contributed by atoms with E-state index >= 15 is 0 Å². The second-order valence-corrected chi connectivity index (χ2v) is 13.9. The van der Waals surface area contributed by atoms with Gasteiger partial charge in [-0.15, -0.1) is 0 Å². The summed E-state index contributed by atoms with van der Waals surface area (Å²) in [7, 11) is 0. The zero-order chi connectivity index (χ0) is 32.8. The normalized spacial score (nSPS) is 19.3. The molecule has 10 nitrogen and oxygen atoms in total. The second kappa shape index (κ2) is 12.0. The molecule has 0 fully saturated rings. The summed E-state index contributed by atoms with van der Waals surface area (Å²) in [5.41, 5.74) is 2.59. The van der Waals surface area contributed by atoms with Crippen LogP contribution in [0.25, 0.3) is 0 Å². The molecule has 1 aliphatic heterocycles. The second-order valence-electron chi connectivity index (χ2n) is 13.5. The van der Waals surface area contributed by atoms with Gasteiger partial charge >= 0.3 is 5.97 Å². The number of hydrogen-bond donors (Lipinski definition) is 1. The summed E-state index contributed by atoms with van der Waals surface area (Å²) in [5, 5.41) is 21.2. The quantitative estimate of drug-likeness (QED) is 0.228. The summed E-state index contributed by atoms with van der Waals surface area (Å²) in [6.45, 7) is 9.77. The molecule has 238 valence electrons. The maximum Gasteiger partial charge on any atom is 0.323 e. The van der Waals surface area contributed by atoms with Crippen molar-refractivity contribution in [2.45, 2.75) is 72.8 Å². The SMILES string of the molecule is CCOc1cc(C2C3=C(CC(C)(C)CC3=O)N(CC(=O)O)C3=C2C(=O)CC(C)(C)C3)cc(Cl)c1OCc1ccc([N+](=O)[O-])cc1. The first-order chi connectivity index (χ1) is 21.1. The van der Waals surface area contributed by atoms with Crippen molar-refractivity contribution >= 4 is 34.8 Å². The minimum atomic E-state index is -1.05. The highest BCUT2D eigenvalue weighted by molar-refractivity contribution is 6.32. The molecular weight excluding hydrogens is 600 g/mol. The number of benzene rings is 2. The lowest BCUT2D eigenvalue weighted by atomic mass is 9.63. The van der Waals surface area contributed by atoms with Gasteiger partial charge in [0.05, 0.1) is 16.6 Å². The van der Waals surface area contributed by atoms with Crippen LogP contribution in [0.2, 0.25) is 5.02 Å². The van der Waals surface area contributed by atoms with Gasteiger partial charge in [0.2, 0.25) is 0 Å². The van der Waals surface area contributed by atoms with Gasteiger partial charge in [-0.1, -0.05) is 39.3 Å². The predicted molar refractivity (Wildman–Crippen MR) is 167 cm³/mol. The van der Waals surface area contributed by atoms with Gasteiger partial charge in [0.25, 0.3) is 5.69 Å². The summed E-state index contributed by atoms with van der Waals surface area (Å²) in [6.07, 6.45) is 1.47. The maximum absolute atomic E-state index is 14.0. The summed E-state index contributed by atoms with van der Waals surface area (Å²) in [6, 6.07) is 9.41. The number of allylic oxidation sites excluding steroid dienone is 4. The molecule has 2 aromatic rings. The van der Waals surface area contributed by atoms with Crippen molar-refractivity contribution in [1.82, 2.24) is 4.90 Å². The highest BCUT2D eigenvalue weighted by Gasteiger charge is 2.49. The fourth-order valence-corrected chi connectivity index (χ4v) is 7.01. The molecule has 0 saturated carbocycles. The summed E-state index contributed by atoms with van der Waals surface area (Å²) < 4.78 is 12.0. The average Bonchev–Trinajstić information content (AvgIpc) is 2.92. The summed E-state index contributed by atoms with van der Waals surface area (Å²) >= 11 is 6.85. The number of nitrogens with zero attached hydrogens (tertiary/aromatic N) is 2. The molecule has 0 amide bonds. The number of halogens is 1. The Morgan fingerprint density at radius 1 is 0.978 bits per heavy atom. The largest absolute Gasteiger partial charge is 0.490 e. The molecule has 0 unspecified atom stereocenters. The number of nitro groups is 1. The molecule has 2 aliphatic carbocycles. The smallest absolute Gasteiger partial charge is 0.323 e. The Morgan fingerprint density at radius 3 is 2.02 bits per heavy atom. The van der Waals surface area contributed by atoms with E-state index in [2.05, 4.69) is 0 Å². The molecule has 0 atom stereocenters. The zero-order valence-corrected chi connectivity index (χ0v) is 26.8. The van der Waals surface area contributed by atoms with Gasteiger partial charge in [0, 0.05) is 53.4 Å². The highest BCUT2D eigenvalue weighted by Crippen LogP contribution is 2.55. The first-order valence-corrected chi connectivity index (χ1v) is 15.3. The number of Topliss-reactive ketones (excluding diaryl/α,β-unsaturated/α-hetero) is 2. The number of carbonyl (C=O) groups is 3. The Hall–Kier alpha value is -4.18. The van der Waals surface area contributed by atoms with Crippen molar-refractivity contribution in [3.05, 3.63) is 85.2 Å². The minimum absolute atomic E-state index is 0.0332. The van der Waals surface area contributed by atoms with E-state index < -0.39 is 27.6 Å². The van der Waals surface area contributed by atoms with E-state index in [-0.39, 0.29) is 60.6 Å². The third-order valence-corrected chi connectivity index (χ3v) is 8.79. The van der Waals surface area contributed by atoms with Gasteiger partial charge in [-0.2, -0.15) is 0 Å². The number of carboxylic acids is 1. The maximum atomic E-state index is 14.0. The van der Waals surface area contributed by atoms with Crippen LogP contribution in [0.15, 0.2) is 58.9 Å². The van der Waals surface area contributed by atoms with Crippen LogP contribution < -0.4 is 9.47 Å². The van der Waals surface area contributed by atoms with Crippen molar-refractivity contribution < 1.29 is 33.9 Å². The van der Waals surface area contributed by atoms with E-state index in [1.807, 2.05) is 34.6 Å². The van der Waals surface area contributed by atoms with Crippen LogP contribution in [0, 0.1) is 20.9 Å². The van der Waals surface area contributed by atoms with E-state index in [4.69, 9.17) is 21.1 Å². The third kappa shape index (κ3) is 6.47. The fourth-order valence-electron chi connectivity index (χ4n) is 6.73. The van der Waals surface area contributed by atoms with Gasteiger partial charge < -0.3 is 19.5 Å². The predicted octanol–water partition coefficient (Wildman–Crippen LogP) is 7.00. The standard InChI is InChI=1S/C34H37ClN2O8/c1-6-44-27-12-20(11-22(35)32(27)45-18-19-7-9-21(10-8-19)37(42)43)29-30-23(13-33(2,3)15-25(30)38)36(17-28(40)41)24-14-34(4,5)16-26(39)31(24)29/h7-12,29H,6,13-18H2,1-5H3,(H,40,41). The Bertz CT molecular complexity index is 1600. The number of non-ortho nitro benzene ring substituents is 1. The van der Waals surface area contributed by atoms with Crippen LogP contribution in [0.3, 0.4) is 0 Å². The van der Waals surface area contributed by atoms with Crippen molar-refractivity contribution in [1.29, 1.82) is 0 Å². The van der Waals surface area contributed by atoms with Crippen LogP contribution in [0.4, 0.5) is 5.69 Å². The van der Waals surface area contributed by atoms with E-state index in [9.17, 15) is 29.6 Å². The Balaban J connectivity index is 1.64. The summed E-state index contributed by atoms with van der Waals surface area (Å²) in [4.78, 5) is 52.3. The lowest BCUT2D eigenvalue weighted by molar-refractivity contribution is -0.384. The van der Waals surface area contributed by atoms with E-state index in [1.165, 1.54) is 12.1 Å². The number of aliphatic carboxylic acids is 1. The Labute approximate surface area is 266 Å². The molecule has 5 rings (SSSR count). The van der Waals surface area contributed by atoms with Gasteiger partial charge in [-0.05, 0) is 66.0 Å². The lowest BCUT2D eigenvalue weighted by Crippen LogP contribution is -2.45. The molecule has 1 N–H and O–H groups in total. The number of carbonyl (C=O) groups excluding carboxylic acids is 2. The van der Waals surface area contributed by atoms with Gasteiger partial charge in [0.15, 0.2) is 23.1 Å². The Morgan fingerprint density at radius 2 is 1.53 bits per heavy atom. The monoisotopic (exact) mass is 636 g/mol. The molecule has 3 aliphatic rings. The number of carboxylic acid groups (broad SMARTS) is 1. The zero-order valence-electron chi connectivity index (χ0n) is 26.1. The first kappa shape index (κ1) is 32.2. The lowest BCUT2D eigenvalue weighted by Gasteiger charge is -2.48. The number of nitro benzene ring substituents is 1. The van der Waals surface area contributed by atoms with Crippen LogP contribution in [0.1, 0.15) is 77.3 Å². The molecule has 11 heteroatoms. The van der Waals surface area contributed by atoms with Crippen LogP contribution in [-0.2, 0) is 21.0 Å². The first-order valence-electron chi connectivity index (χ1n) is 14.9. The van der Waals surface area contributed by atoms with Gasteiger partial charge in [0.1, 0.15) is 13.2 Å². The van der Waals surface area contributed by atoms with Crippen molar-refractivity contribution in [3.8, 4) is 11.5 Å². The Kier molecular flexibility index (Phi) is 8.57. The number of ether oxygens (including phenoxy) is 2. The molecule has 0 aromatic heterocycles. The van der Waals surface area contributed by atoms with Crippen molar-refractivity contribution in [3.63, 3.8) is 0 Å². The van der Waals surface area contributed by atoms with Crippen LogP contribution >= 0.6 is 11.6 Å². The molecule has 45 heavy (non-hydrogen) atoms. The van der Waals surface area contributed by atoms with Crippen LogP contribution in [0.5, 0.6) is 11.5 Å². The highest BCUT2D eigenvalue weighted by atomic mass is 35.5. The number of rotatable bonds is 9. The topological polar surface area (TPSA) is 136 Å². The van der Waals surface area contributed by atoms with Crippen molar-refractivity contribution in [2.75, 3.05) is 13.2 Å². The molecular formula is C34H37ClN2O8.